The number of allylic oxidation sites excluding steroid dienone is 1. The molecule has 0 amide bonds. The number of carbonyl (C=O) groups is 1. The van der Waals surface area contributed by atoms with Gasteiger partial charge in [0.2, 0.25) is 0 Å². The maximum atomic E-state index is 12.4. The Morgan fingerprint density at radius 3 is 2.87 bits per heavy atom. The summed E-state index contributed by atoms with van der Waals surface area (Å²) in [6.45, 7) is -0.413. The number of nitriles is 1. The van der Waals surface area contributed by atoms with Crippen molar-refractivity contribution < 1.29 is 19.1 Å². The SMILES string of the molecule is N#C/C(=C(/O)COC(=O)Cc1coc2cc3c(cc12)CCC3)c1nc2ccccc2[nH]1. The number of H-pyrrole nitrogens is 1. The fourth-order valence-electron chi connectivity index (χ4n) is 4.04. The lowest BCUT2D eigenvalue weighted by molar-refractivity contribution is -0.142. The molecule has 1 aliphatic carbocycles. The number of benzene rings is 2. The molecule has 154 valence electrons. The summed E-state index contributed by atoms with van der Waals surface area (Å²) < 4.78 is 10.8. The van der Waals surface area contributed by atoms with Crippen LogP contribution in [0.4, 0.5) is 0 Å². The maximum Gasteiger partial charge on any atom is 0.310 e. The van der Waals surface area contributed by atoms with Crippen molar-refractivity contribution in [3.63, 3.8) is 0 Å². The highest BCUT2D eigenvalue weighted by molar-refractivity contribution is 5.87. The zero-order valence-corrected chi connectivity index (χ0v) is 16.6. The first-order chi connectivity index (χ1) is 15.1. The summed E-state index contributed by atoms with van der Waals surface area (Å²) in [7, 11) is 0. The Hall–Kier alpha value is -4.05. The number of furan rings is 1. The number of hydrogen-bond acceptors (Lipinski definition) is 6. The monoisotopic (exact) mass is 413 g/mol. The number of aliphatic hydroxyl groups is 1. The van der Waals surface area contributed by atoms with Crippen molar-refractivity contribution in [1.82, 2.24) is 9.97 Å². The van der Waals surface area contributed by atoms with Gasteiger partial charge in [0.05, 0.1) is 23.7 Å². The lowest BCUT2D eigenvalue weighted by atomic mass is 10.0. The van der Waals surface area contributed by atoms with Crippen molar-refractivity contribution >= 4 is 33.5 Å². The fourth-order valence-corrected chi connectivity index (χ4v) is 4.04. The van der Waals surface area contributed by atoms with Crippen molar-refractivity contribution in [2.45, 2.75) is 25.7 Å². The Kier molecular flexibility index (Phi) is 4.68. The van der Waals surface area contributed by atoms with Gasteiger partial charge in [-0.15, -0.1) is 0 Å². The molecule has 0 saturated heterocycles. The summed E-state index contributed by atoms with van der Waals surface area (Å²) in [5.74, 6) is -0.645. The number of aromatic nitrogens is 2. The smallest absolute Gasteiger partial charge is 0.310 e. The molecule has 2 N–H and O–H groups in total. The molecule has 0 unspecified atom stereocenters. The number of aryl methyl sites for hydroxylation is 2. The molecule has 0 saturated carbocycles. The molecule has 7 heteroatoms. The number of aromatic amines is 1. The number of aliphatic hydroxyl groups excluding tert-OH is 1. The van der Waals surface area contributed by atoms with Crippen LogP contribution in [-0.2, 0) is 28.8 Å². The minimum atomic E-state index is -0.517. The number of nitrogens with one attached hydrogen (secondary N) is 1. The Morgan fingerprint density at radius 1 is 1.26 bits per heavy atom. The summed E-state index contributed by atoms with van der Waals surface area (Å²) in [6.07, 6.45) is 4.83. The van der Waals surface area contributed by atoms with E-state index in [1.54, 1.807) is 12.3 Å². The average Bonchev–Trinajstić information content (AvgIpc) is 3.49. The number of nitrogens with zero attached hydrogens (tertiary/aromatic N) is 2. The largest absolute Gasteiger partial charge is 0.507 e. The topological polar surface area (TPSA) is 112 Å². The van der Waals surface area contributed by atoms with Crippen LogP contribution in [0.3, 0.4) is 0 Å². The van der Waals surface area contributed by atoms with Crippen molar-refractivity contribution in [2.24, 2.45) is 0 Å². The van der Waals surface area contributed by atoms with Crippen molar-refractivity contribution in [2.75, 3.05) is 6.61 Å². The lowest BCUT2D eigenvalue weighted by Gasteiger charge is -2.05. The highest BCUT2D eigenvalue weighted by Crippen LogP contribution is 2.30. The molecule has 1 aliphatic rings. The maximum absolute atomic E-state index is 12.4. The van der Waals surface area contributed by atoms with E-state index < -0.39 is 12.6 Å². The molecule has 31 heavy (non-hydrogen) atoms. The molecule has 0 atom stereocenters. The Bertz CT molecular complexity index is 1350. The van der Waals surface area contributed by atoms with E-state index in [9.17, 15) is 15.2 Å². The second-order valence-corrected chi connectivity index (χ2v) is 7.61. The number of carbonyl (C=O) groups excluding carboxylic acids is 1. The van der Waals surface area contributed by atoms with Crippen LogP contribution in [-0.4, -0.2) is 27.7 Å². The minimum Gasteiger partial charge on any atom is -0.507 e. The van der Waals surface area contributed by atoms with Crippen molar-refractivity contribution in [3.8, 4) is 6.07 Å². The van der Waals surface area contributed by atoms with Gasteiger partial charge in [0.25, 0.3) is 0 Å². The third-order valence-corrected chi connectivity index (χ3v) is 5.60. The van der Waals surface area contributed by atoms with Crippen LogP contribution in [0.2, 0.25) is 0 Å². The molecule has 0 bridgehead atoms. The van der Waals surface area contributed by atoms with Gasteiger partial charge >= 0.3 is 5.97 Å². The highest BCUT2D eigenvalue weighted by Gasteiger charge is 2.18. The number of hydrogen-bond donors (Lipinski definition) is 2. The van der Waals surface area contributed by atoms with Gasteiger partial charge < -0.3 is 19.2 Å². The Labute approximate surface area is 177 Å². The van der Waals surface area contributed by atoms with Gasteiger partial charge in [0.1, 0.15) is 23.8 Å². The van der Waals surface area contributed by atoms with Crippen LogP contribution in [0.25, 0.3) is 27.6 Å². The number of rotatable bonds is 5. The number of ether oxygens (including phenoxy) is 1. The van der Waals surface area contributed by atoms with E-state index in [0.29, 0.717) is 5.52 Å². The summed E-state index contributed by atoms with van der Waals surface area (Å²) in [4.78, 5) is 19.7. The molecule has 5 rings (SSSR count). The van der Waals surface area contributed by atoms with Crippen LogP contribution in [0.5, 0.6) is 0 Å². The van der Waals surface area contributed by atoms with E-state index >= 15 is 0 Å². The van der Waals surface area contributed by atoms with Gasteiger partial charge in [-0.1, -0.05) is 12.1 Å². The van der Waals surface area contributed by atoms with Crippen LogP contribution in [0.15, 0.2) is 52.8 Å². The average molecular weight is 413 g/mol. The van der Waals surface area contributed by atoms with Gasteiger partial charge in [-0.3, -0.25) is 4.79 Å². The molecule has 2 aromatic carbocycles. The predicted octanol–water partition coefficient (Wildman–Crippen LogP) is 4.38. The molecule has 4 aromatic rings. The van der Waals surface area contributed by atoms with E-state index in [2.05, 4.69) is 16.0 Å². The molecular formula is C24H19N3O4. The zero-order chi connectivity index (χ0) is 21.4. The first-order valence-electron chi connectivity index (χ1n) is 10.1. The van der Waals surface area contributed by atoms with E-state index in [1.165, 1.54) is 11.1 Å². The van der Waals surface area contributed by atoms with Gasteiger partial charge in [-0.05, 0) is 54.7 Å². The van der Waals surface area contributed by atoms with E-state index in [0.717, 1.165) is 41.3 Å². The van der Waals surface area contributed by atoms with Gasteiger partial charge in [0.15, 0.2) is 11.6 Å². The second-order valence-electron chi connectivity index (χ2n) is 7.61. The van der Waals surface area contributed by atoms with Crippen LogP contribution < -0.4 is 0 Å². The Morgan fingerprint density at radius 2 is 2.06 bits per heavy atom. The lowest BCUT2D eigenvalue weighted by Crippen LogP contribution is -2.11. The first kappa shape index (κ1) is 18.9. The van der Waals surface area contributed by atoms with E-state index in [-0.39, 0.29) is 23.6 Å². The van der Waals surface area contributed by atoms with Gasteiger partial charge in [0, 0.05) is 10.9 Å². The summed E-state index contributed by atoms with van der Waals surface area (Å²) in [5.41, 5.74) is 5.48. The van der Waals surface area contributed by atoms with Gasteiger partial charge in [-0.25, -0.2) is 4.98 Å². The summed E-state index contributed by atoms with van der Waals surface area (Å²) in [6, 6.07) is 13.4. The molecular weight excluding hydrogens is 394 g/mol. The quantitative estimate of drug-likeness (QED) is 0.285. The fraction of sp³-hybridized carbons (Fsp3) is 0.208. The van der Waals surface area contributed by atoms with Crippen molar-refractivity contribution in [1.29, 1.82) is 5.26 Å². The third kappa shape index (κ3) is 3.53. The number of imidazole rings is 1. The number of fused-ring (bicyclic) bond motifs is 3. The Balaban J connectivity index is 1.30. The number of esters is 1. The normalized spacial score (nSPS) is 13.8. The summed E-state index contributed by atoms with van der Waals surface area (Å²) in [5, 5.41) is 20.7. The molecule has 2 heterocycles. The highest BCUT2D eigenvalue weighted by atomic mass is 16.5. The standard InChI is InChI=1S/C24H19N3O4/c25-11-18(24-26-19-6-1-2-7-20(19)27-24)21(28)13-31-23(29)10-16-12-30-22-9-15-5-3-4-14(15)8-17(16)22/h1-2,6-9,12,28H,3-5,10,13H2,(H,26,27)/b21-18-. The third-order valence-electron chi connectivity index (χ3n) is 5.60. The van der Waals surface area contributed by atoms with Crippen LogP contribution in [0, 0.1) is 11.3 Å². The second kappa shape index (κ2) is 7.65. The molecule has 2 aromatic heterocycles. The predicted molar refractivity (Wildman–Crippen MR) is 114 cm³/mol. The van der Waals surface area contributed by atoms with E-state index in [4.69, 9.17) is 9.15 Å². The number of para-hydroxylation sites is 2. The van der Waals surface area contributed by atoms with Crippen LogP contribution >= 0.6 is 0 Å². The van der Waals surface area contributed by atoms with Crippen LogP contribution in [0.1, 0.15) is 28.9 Å². The van der Waals surface area contributed by atoms with Gasteiger partial charge in [-0.2, -0.15) is 5.26 Å². The zero-order valence-electron chi connectivity index (χ0n) is 16.6. The molecule has 0 spiro atoms. The van der Waals surface area contributed by atoms with Crippen molar-refractivity contribution in [3.05, 3.63) is 70.9 Å². The van der Waals surface area contributed by atoms with E-state index in [1.807, 2.05) is 30.3 Å². The molecule has 0 fully saturated rings. The minimum absolute atomic E-state index is 0.0194. The summed E-state index contributed by atoms with van der Waals surface area (Å²) >= 11 is 0. The molecule has 0 radical (unpaired) electrons. The molecule has 0 aliphatic heterocycles. The molecule has 7 nitrogen and oxygen atoms in total. The first-order valence-corrected chi connectivity index (χ1v) is 10.1.